The van der Waals surface area contributed by atoms with Gasteiger partial charge in [-0.3, -0.25) is 4.40 Å². The van der Waals surface area contributed by atoms with Gasteiger partial charge in [0.2, 0.25) is 0 Å². The molecule has 4 heteroatoms. The third-order valence-electron chi connectivity index (χ3n) is 4.68. The summed E-state index contributed by atoms with van der Waals surface area (Å²) in [5, 5.41) is 13.3. The monoisotopic (exact) mass is 307 g/mol. The highest BCUT2D eigenvalue weighted by Gasteiger charge is 2.20. The third-order valence-corrected chi connectivity index (χ3v) is 4.68. The van der Waals surface area contributed by atoms with Gasteiger partial charge in [-0.2, -0.15) is 0 Å². The van der Waals surface area contributed by atoms with Crippen LogP contribution in [0.2, 0.25) is 0 Å². The lowest BCUT2D eigenvalue weighted by Gasteiger charge is -2.15. The smallest absolute Gasteiger partial charge is 0.142 e. The van der Waals surface area contributed by atoms with Crippen LogP contribution in [0.5, 0.6) is 5.75 Å². The molecule has 4 rings (SSSR count). The predicted octanol–water partition coefficient (Wildman–Crippen LogP) is 4.37. The van der Waals surface area contributed by atoms with Crippen LogP contribution in [-0.4, -0.2) is 20.5 Å². The Morgan fingerprint density at radius 2 is 1.87 bits per heavy atom. The Balaban J connectivity index is 1.87. The van der Waals surface area contributed by atoms with E-state index in [4.69, 9.17) is 4.98 Å². The number of benzene rings is 1. The number of pyridine rings is 1. The summed E-state index contributed by atoms with van der Waals surface area (Å²) in [4.78, 5) is 4.87. The van der Waals surface area contributed by atoms with Gasteiger partial charge in [0.05, 0.1) is 0 Å². The number of aromatic nitrogens is 2. The van der Waals surface area contributed by atoms with E-state index in [1.807, 2.05) is 12.1 Å². The third kappa shape index (κ3) is 2.54. The van der Waals surface area contributed by atoms with Gasteiger partial charge in [-0.15, -0.1) is 0 Å². The second-order valence-corrected chi connectivity index (χ2v) is 6.37. The Hall–Kier alpha value is -2.49. The number of phenolic OH excluding ortho intramolecular Hbond substituents is 1. The van der Waals surface area contributed by atoms with E-state index in [0.717, 1.165) is 28.3 Å². The van der Waals surface area contributed by atoms with Crippen LogP contribution >= 0.6 is 0 Å². The molecule has 0 amide bonds. The fourth-order valence-corrected chi connectivity index (χ4v) is 3.43. The van der Waals surface area contributed by atoms with E-state index in [9.17, 15) is 5.11 Å². The molecular weight excluding hydrogens is 286 g/mol. The molecule has 0 saturated heterocycles. The molecule has 1 aliphatic rings. The molecule has 0 atom stereocenters. The Kier molecular flexibility index (Phi) is 3.45. The maximum Gasteiger partial charge on any atom is 0.142 e. The van der Waals surface area contributed by atoms with Gasteiger partial charge in [-0.25, -0.2) is 4.98 Å². The van der Waals surface area contributed by atoms with Gasteiger partial charge in [0.15, 0.2) is 0 Å². The second-order valence-electron chi connectivity index (χ2n) is 6.37. The van der Waals surface area contributed by atoms with Crippen LogP contribution in [0.4, 0.5) is 5.82 Å². The number of rotatable bonds is 3. The van der Waals surface area contributed by atoms with Crippen molar-refractivity contribution in [1.29, 1.82) is 0 Å². The summed E-state index contributed by atoms with van der Waals surface area (Å²) in [6.45, 7) is 2.09. The topological polar surface area (TPSA) is 49.6 Å². The molecule has 1 saturated carbocycles. The summed E-state index contributed by atoms with van der Waals surface area (Å²) in [7, 11) is 0. The predicted molar refractivity (Wildman–Crippen MR) is 92.9 cm³/mol. The summed E-state index contributed by atoms with van der Waals surface area (Å²) in [6, 6.07) is 11.9. The van der Waals surface area contributed by atoms with Crippen molar-refractivity contribution in [2.75, 3.05) is 5.32 Å². The molecule has 1 aromatic carbocycles. The van der Waals surface area contributed by atoms with E-state index >= 15 is 0 Å². The molecule has 4 nitrogen and oxygen atoms in total. The summed E-state index contributed by atoms with van der Waals surface area (Å²) in [5.74, 6) is 1.33. The Labute approximate surface area is 135 Å². The van der Waals surface area contributed by atoms with E-state index in [1.54, 1.807) is 12.1 Å². The van der Waals surface area contributed by atoms with E-state index in [2.05, 4.69) is 35.0 Å². The van der Waals surface area contributed by atoms with Gasteiger partial charge in [-0.1, -0.05) is 18.9 Å². The van der Waals surface area contributed by atoms with E-state index < -0.39 is 0 Å². The fraction of sp³-hybridized carbons (Fsp3) is 0.316. The van der Waals surface area contributed by atoms with E-state index in [1.165, 1.54) is 25.7 Å². The number of nitrogens with one attached hydrogen (secondary N) is 1. The first-order valence-corrected chi connectivity index (χ1v) is 8.26. The summed E-state index contributed by atoms with van der Waals surface area (Å²) in [5.41, 5.74) is 4.11. The lowest BCUT2D eigenvalue weighted by atomic mass is 10.1. The molecule has 2 N–H and O–H groups in total. The van der Waals surface area contributed by atoms with Crippen LogP contribution < -0.4 is 5.32 Å². The molecule has 0 spiro atoms. The summed E-state index contributed by atoms with van der Waals surface area (Å²) >= 11 is 0. The number of phenols is 1. The average Bonchev–Trinajstić information content (AvgIpc) is 3.18. The Morgan fingerprint density at radius 3 is 2.61 bits per heavy atom. The molecule has 2 aromatic heterocycles. The highest BCUT2D eigenvalue weighted by molar-refractivity contribution is 5.77. The minimum Gasteiger partial charge on any atom is -0.508 e. The molecule has 0 aliphatic heterocycles. The Morgan fingerprint density at radius 1 is 1.13 bits per heavy atom. The number of aryl methyl sites for hydroxylation is 1. The van der Waals surface area contributed by atoms with Crippen LogP contribution in [0.25, 0.3) is 16.9 Å². The van der Waals surface area contributed by atoms with Crippen molar-refractivity contribution in [2.45, 2.75) is 38.6 Å². The number of anilines is 1. The van der Waals surface area contributed by atoms with Crippen molar-refractivity contribution < 1.29 is 5.11 Å². The first-order chi connectivity index (χ1) is 11.2. The van der Waals surface area contributed by atoms with Crippen LogP contribution in [0.1, 0.15) is 31.2 Å². The first kappa shape index (κ1) is 14.1. The molecule has 23 heavy (non-hydrogen) atoms. The molecule has 0 unspecified atom stereocenters. The lowest BCUT2D eigenvalue weighted by Crippen LogP contribution is -2.16. The maximum absolute atomic E-state index is 9.55. The van der Waals surface area contributed by atoms with Gasteiger partial charge < -0.3 is 10.4 Å². The Bertz CT molecular complexity index is 830. The fourth-order valence-electron chi connectivity index (χ4n) is 3.43. The molecule has 3 aromatic rings. The van der Waals surface area contributed by atoms with Crippen molar-refractivity contribution in [3.63, 3.8) is 0 Å². The molecule has 0 radical (unpaired) electrons. The normalized spacial score (nSPS) is 15.3. The number of hydrogen-bond donors (Lipinski definition) is 2. The van der Waals surface area contributed by atoms with E-state index in [-0.39, 0.29) is 5.75 Å². The van der Waals surface area contributed by atoms with Gasteiger partial charge in [0.25, 0.3) is 0 Å². The minimum absolute atomic E-state index is 0.277. The van der Waals surface area contributed by atoms with Crippen molar-refractivity contribution in [1.82, 2.24) is 9.38 Å². The summed E-state index contributed by atoms with van der Waals surface area (Å²) in [6.07, 6.45) is 7.09. The number of nitrogens with zero attached hydrogens (tertiary/aromatic N) is 2. The second kappa shape index (κ2) is 5.61. The van der Waals surface area contributed by atoms with Gasteiger partial charge in [0, 0.05) is 17.8 Å². The molecular formula is C19H21N3O. The van der Waals surface area contributed by atoms with Gasteiger partial charge in [0.1, 0.15) is 22.9 Å². The van der Waals surface area contributed by atoms with Crippen molar-refractivity contribution in [3.05, 3.63) is 48.2 Å². The molecule has 0 bridgehead atoms. The molecule has 118 valence electrons. The maximum atomic E-state index is 9.55. The van der Waals surface area contributed by atoms with Crippen LogP contribution in [0, 0.1) is 6.92 Å². The lowest BCUT2D eigenvalue weighted by molar-refractivity contribution is 0.475. The number of fused-ring (bicyclic) bond motifs is 1. The van der Waals surface area contributed by atoms with Crippen LogP contribution in [0.15, 0.2) is 42.6 Å². The van der Waals surface area contributed by atoms with Crippen molar-refractivity contribution in [2.24, 2.45) is 0 Å². The molecule has 2 heterocycles. The van der Waals surface area contributed by atoms with Gasteiger partial charge in [-0.05, 0) is 55.7 Å². The zero-order valence-electron chi connectivity index (χ0n) is 13.3. The standard InChI is InChI=1S/C19H21N3O/c1-13-5-4-12-22-18(13)21-17(14-8-10-16(23)11-9-14)19(22)20-15-6-2-3-7-15/h4-5,8-12,15,20,23H,2-3,6-7H2,1H3. The first-order valence-electron chi connectivity index (χ1n) is 8.26. The van der Waals surface area contributed by atoms with E-state index in [0.29, 0.717) is 6.04 Å². The number of aromatic hydroxyl groups is 1. The summed E-state index contributed by atoms with van der Waals surface area (Å²) < 4.78 is 2.15. The quantitative estimate of drug-likeness (QED) is 0.755. The number of hydrogen-bond acceptors (Lipinski definition) is 3. The zero-order chi connectivity index (χ0) is 15.8. The minimum atomic E-state index is 0.277. The van der Waals surface area contributed by atoms with Gasteiger partial charge >= 0.3 is 0 Å². The highest BCUT2D eigenvalue weighted by atomic mass is 16.3. The largest absolute Gasteiger partial charge is 0.508 e. The molecule has 1 fully saturated rings. The zero-order valence-corrected chi connectivity index (χ0v) is 13.3. The van der Waals surface area contributed by atoms with Crippen LogP contribution in [-0.2, 0) is 0 Å². The van der Waals surface area contributed by atoms with Crippen LogP contribution in [0.3, 0.4) is 0 Å². The number of imidazole rings is 1. The highest BCUT2D eigenvalue weighted by Crippen LogP contribution is 2.33. The SMILES string of the molecule is Cc1cccn2c(NC3CCCC3)c(-c3ccc(O)cc3)nc12. The van der Waals surface area contributed by atoms with Crippen molar-refractivity contribution in [3.8, 4) is 17.0 Å². The average molecular weight is 307 g/mol. The molecule has 1 aliphatic carbocycles. The van der Waals surface area contributed by atoms with Crippen molar-refractivity contribution >= 4 is 11.5 Å².